The fraction of sp³-hybridized carbons (Fsp3) is 0.500. The first-order valence-electron chi connectivity index (χ1n) is 12.2. The number of fused-ring (bicyclic) bond motifs is 2. The van der Waals surface area contributed by atoms with E-state index in [2.05, 4.69) is 29.6 Å². The molecule has 33 heavy (non-hydrogen) atoms. The number of nitrogens with one attached hydrogen (secondary N) is 1. The molecule has 5 nitrogen and oxygen atoms in total. The number of ether oxygens (including phenoxy) is 2. The lowest BCUT2D eigenvalue weighted by Gasteiger charge is -2.37. The van der Waals surface area contributed by atoms with E-state index in [4.69, 9.17) is 9.47 Å². The molecular formula is C28H35NO4. The minimum absolute atomic E-state index is 0.0420. The molecule has 4 rings (SSSR count). The third kappa shape index (κ3) is 5.76. The summed E-state index contributed by atoms with van der Waals surface area (Å²) in [5.74, 6) is 0.913. The molecule has 0 bridgehead atoms. The van der Waals surface area contributed by atoms with Crippen molar-refractivity contribution < 1.29 is 19.1 Å². The van der Waals surface area contributed by atoms with E-state index in [0.29, 0.717) is 19.6 Å². The first-order valence-corrected chi connectivity index (χ1v) is 12.2. The monoisotopic (exact) mass is 449 g/mol. The summed E-state index contributed by atoms with van der Waals surface area (Å²) < 4.78 is 10.9. The predicted octanol–water partition coefficient (Wildman–Crippen LogP) is 4.75. The molecule has 1 saturated carbocycles. The summed E-state index contributed by atoms with van der Waals surface area (Å²) in [7, 11) is 1.48. The van der Waals surface area contributed by atoms with E-state index in [1.54, 1.807) is 0 Å². The third-order valence-electron chi connectivity index (χ3n) is 7.41. The lowest BCUT2D eigenvalue weighted by Crippen LogP contribution is -2.32. The number of hydrogen-bond donors (Lipinski definition) is 1. The number of aryl methyl sites for hydroxylation is 2. The molecule has 1 spiro atoms. The molecule has 2 aromatic rings. The maximum absolute atomic E-state index is 12.1. The zero-order valence-corrected chi connectivity index (χ0v) is 19.6. The molecule has 2 aromatic carbocycles. The summed E-state index contributed by atoms with van der Waals surface area (Å²) in [5, 5.41) is 2.96. The molecule has 0 aromatic heterocycles. The molecule has 1 N–H and O–H groups in total. The van der Waals surface area contributed by atoms with Crippen LogP contribution >= 0.6 is 0 Å². The lowest BCUT2D eigenvalue weighted by molar-refractivity contribution is -0.147. The van der Waals surface area contributed by atoms with Gasteiger partial charge in [0.1, 0.15) is 12.4 Å². The van der Waals surface area contributed by atoms with Crippen molar-refractivity contribution in [3.8, 4) is 5.75 Å². The zero-order chi connectivity index (χ0) is 23.1. The molecule has 0 saturated heterocycles. The van der Waals surface area contributed by atoms with Crippen LogP contribution in [0, 0.1) is 5.92 Å². The lowest BCUT2D eigenvalue weighted by atomic mass is 9.67. The number of hydrogen-bond acceptors (Lipinski definition) is 4. The number of rotatable bonds is 9. The predicted molar refractivity (Wildman–Crippen MR) is 128 cm³/mol. The normalized spacial score (nSPS) is 21.4. The molecule has 5 heteroatoms. The van der Waals surface area contributed by atoms with Crippen molar-refractivity contribution >= 4 is 11.9 Å². The Morgan fingerprint density at radius 3 is 2.61 bits per heavy atom. The van der Waals surface area contributed by atoms with Gasteiger partial charge in [-0.2, -0.15) is 0 Å². The topological polar surface area (TPSA) is 64.6 Å². The number of benzene rings is 2. The Morgan fingerprint density at radius 1 is 1.06 bits per heavy atom. The molecule has 1 amide bonds. The number of methoxy groups -OCH3 is 1. The van der Waals surface area contributed by atoms with Gasteiger partial charge in [0.05, 0.1) is 19.6 Å². The van der Waals surface area contributed by atoms with E-state index in [-0.39, 0.29) is 23.2 Å². The van der Waals surface area contributed by atoms with Gasteiger partial charge >= 0.3 is 5.97 Å². The first-order chi connectivity index (χ1) is 16.1. The maximum atomic E-state index is 12.1. The van der Waals surface area contributed by atoms with Crippen LogP contribution in [0.25, 0.3) is 0 Å². The van der Waals surface area contributed by atoms with Crippen molar-refractivity contribution in [1.82, 2.24) is 5.32 Å². The number of amides is 1. The molecule has 0 unspecified atom stereocenters. The molecule has 0 radical (unpaired) electrons. The summed E-state index contributed by atoms with van der Waals surface area (Å²) in [6.45, 7) is 0.966. The molecule has 1 fully saturated rings. The maximum Gasteiger partial charge on any atom is 0.308 e. The molecule has 0 atom stereocenters. The molecular weight excluding hydrogens is 414 g/mol. The van der Waals surface area contributed by atoms with Gasteiger partial charge in [-0.25, -0.2) is 0 Å². The van der Waals surface area contributed by atoms with Gasteiger partial charge < -0.3 is 14.8 Å². The van der Waals surface area contributed by atoms with Gasteiger partial charge in [0.25, 0.3) is 0 Å². The number of esters is 1. The van der Waals surface area contributed by atoms with Gasteiger partial charge in [-0.15, -0.1) is 0 Å². The quantitative estimate of drug-likeness (QED) is 0.443. The molecule has 176 valence electrons. The Bertz CT molecular complexity index is 948. The summed E-state index contributed by atoms with van der Waals surface area (Å²) in [6, 6.07) is 16.7. The average Bonchev–Trinajstić information content (AvgIpc) is 3.19. The van der Waals surface area contributed by atoms with Gasteiger partial charge in [-0.05, 0) is 85.6 Å². The fourth-order valence-electron chi connectivity index (χ4n) is 5.50. The summed E-state index contributed by atoms with van der Waals surface area (Å²) in [5.41, 5.74) is 4.24. The van der Waals surface area contributed by atoms with Crippen LogP contribution in [0.15, 0.2) is 48.5 Å². The molecule has 0 aliphatic heterocycles. The minimum Gasteiger partial charge on any atom is -0.492 e. The van der Waals surface area contributed by atoms with E-state index in [0.717, 1.165) is 57.1 Å². The highest BCUT2D eigenvalue weighted by molar-refractivity contribution is 5.75. The second kappa shape index (κ2) is 10.9. The Kier molecular flexibility index (Phi) is 7.69. The molecule has 0 heterocycles. The van der Waals surface area contributed by atoms with Crippen molar-refractivity contribution in [2.24, 2.45) is 5.92 Å². The first kappa shape index (κ1) is 23.3. The van der Waals surface area contributed by atoms with Gasteiger partial charge in [0.2, 0.25) is 5.91 Å². The van der Waals surface area contributed by atoms with Gasteiger partial charge in [-0.3, -0.25) is 9.59 Å². The van der Waals surface area contributed by atoms with Crippen molar-refractivity contribution in [2.75, 3.05) is 20.3 Å². The second-order valence-electron chi connectivity index (χ2n) is 9.43. The van der Waals surface area contributed by atoms with Gasteiger partial charge in [0.15, 0.2) is 0 Å². The highest BCUT2D eigenvalue weighted by Crippen LogP contribution is 2.50. The SMILES string of the molecule is COC(=O)C1CCC2(CCc3ccc(OCCNC(=O)CCCc4ccccc4)cc32)CC1. The zero-order valence-electron chi connectivity index (χ0n) is 19.6. The van der Waals surface area contributed by atoms with Crippen LogP contribution in [0.4, 0.5) is 0 Å². The average molecular weight is 450 g/mol. The standard InChI is InChI=1S/C28H35NO4/c1-32-27(31)23-13-16-28(17-14-23)15-12-22-10-11-24(20-25(22)28)33-19-18-29-26(30)9-5-8-21-6-3-2-4-7-21/h2-4,6-7,10-11,20,23H,5,8-9,12-19H2,1H3,(H,29,30). The Hall–Kier alpha value is -2.82. The van der Waals surface area contributed by atoms with Crippen molar-refractivity contribution in [1.29, 1.82) is 0 Å². The highest BCUT2D eigenvalue weighted by atomic mass is 16.5. The summed E-state index contributed by atoms with van der Waals surface area (Å²) >= 11 is 0. The van der Waals surface area contributed by atoms with Crippen LogP contribution in [0.5, 0.6) is 5.75 Å². The Morgan fingerprint density at radius 2 is 1.85 bits per heavy atom. The number of carbonyl (C=O) groups excluding carboxylic acids is 2. The second-order valence-corrected chi connectivity index (χ2v) is 9.43. The number of carbonyl (C=O) groups is 2. The van der Waals surface area contributed by atoms with Crippen LogP contribution in [0.2, 0.25) is 0 Å². The van der Waals surface area contributed by atoms with Gasteiger partial charge in [-0.1, -0.05) is 36.4 Å². The van der Waals surface area contributed by atoms with E-state index < -0.39 is 0 Å². The smallest absolute Gasteiger partial charge is 0.308 e. The molecule has 2 aliphatic carbocycles. The van der Waals surface area contributed by atoms with Crippen molar-refractivity contribution in [3.05, 3.63) is 65.2 Å². The molecule has 2 aliphatic rings. The van der Waals surface area contributed by atoms with E-state index >= 15 is 0 Å². The Balaban J connectivity index is 1.21. The van der Waals surface area contributed by atoms with E-state index in [1.807, 2.05) is 24.3 Å². The third-order valence-corrected chi connectivity index (χ3v) is 7.41. The summed E-state index contributed by atoms with van der Waals surface area (Å²) in [4.78, 5) is 24.0. The largest absolute Gasteiger partial charge is 0.492 e. The fourth-order valence-corrected chi connectivity index (χ4v) is 5.50. The Labute approximate surface area is 196 Å². The minimum atomic E-state index is -0.0673. The van der Waals surface area contributed by atoms with Crippen LogP contribution in [-0.2, 0) is 32.6 Å². The van der Waals surface area contributed by atoms with Crippen molar-refractivity contribution in [3.63, 3.8) is 0 Å². The van der Waals surface area contributed by atoms with Gasteiger partial charge in [0, 0.05) is 6.42 Å². The van der Waals surface area contributed by atoms with Crippen molar-refractivity contribution in [2.45, 2.75) is 63.2 Å². The van der Waals surface area contributed by atoms with Crippen LogP contribution in [-0.4, -0.2) is 32.1 Å². The van der Waals surface area contributed by atoms with Crippen LogP contribution < -0.4 is 10.1 Å². The van der Waals surface area contributed by atoms with E-state index in [9.17, 15) is 9.59 Å². The highest BCUT2D eigenvalue weighted by Gasteiger charge is 2.43. The summed E-state index contributed by atoms with van der Waals surface area (Å²) in [6.07, 6.45) is 8.40. The van der Waals surface area contributed by atoms with Crippen LogP contribution in [0.3, 0.4) is 0 Å². The van der Waals surface area contributed by atoms with Crippen LogP contribution in [0.1, 0.15) is 61.6 Å². The van der Waals surface area contributed by atoms with E-state index in [1.165, 1.54) is 23.8 Å².